The Morgan fingerprint density at radius 1 is 1.58 bits per heavy atom. The van der Waals surface area contributed by atoms with E-state index >= 15 is 0 Å². The van der Waals surface area contributed by atoms with Crippen molar-refractivity contribution < 1.29 is 14.8 Å². The summed E-state index contributed by atoms with van der Waals surface area (Å²) in [6.45, 7) is 5.51. The summed E-state index contributed by atoms with van der Waals surface area (Å²) in [7, 11) is 0. The Bertz CT molecular complexity index is 470. The normalized spacial score (nSPS) is 12.5. The molecule has 0 aromatic carbocycles. The second-order valence-corrected chi connectivity index (χ2v) is 5.90. The summed E-state index contributed by atoms with van der Waals surface area (Å²) in [4.78, 5) is 23.1. The highest BCUT2D eigenvalue weighted by Gasteiger charge is 2.22. The molecule has 1 aromatic heterocycles. The number of carbonyl (C=O) groups is 1. The van der Waals surface area contributed by atoms with Gasteiger partial charge in [-0.05, 0) is 19.3 Å². The number of aliphatic hydroxyl groups is 1. The van der Waals surface area contributed by atoms with E-state index in [1.165, 1.54) is 6.07 Å². The molecule has 0 saturated heterocycles. The first-order chi connectivity index (χ1) is 8.86. The van der Waals surface area contributed by atoms with Crippen LogP contribution in [-0.4, -0.2) is 28.6 Å². The van der Waals surface area contributed by atoms with Crippen LogP contribution in [0.3, 0.4) is 0 Å². The van der Waals surface area contributed by atoms with Crippen LogP contribution in [0.15, 0.2) is 6.07 Å². The van der Waals surface area contributed by atoms with Crippen molar-refractivity contribution in [3.63, 3.8) is 0 Å². The summed E-state index contributed by atoms with van der Waals surface area (Å²) >= 11 is 1.11. The summed E-state index contributed by atoms with van der Waals surface area (Å²) < 4.78 is 0. The van der Waals surface area contributed by atoms with Gasteiger partial charge in [0.1, 0.15) is 0 Å². The molecule has 2 N–H and O–H groups in total. The van der Waals surface area contributed by atoms with Gasteiger partial charge in [0.2, 0.25) is 0 Å². The van der Waals surface area contributed by atoms with Gasteiger partial charge in [-0.2, -0.15) is 0 Å². The molecule has 0 aliphatic heterocycles. The maximum absolute atomic E-state index is 12.0. The molecule has 1 atom stereocenters. The molecule has 1 aromatic rings. The Kier molecular flexibility index (Phi) is 5.44. The van der Waals surface area contributed by atoms with Gasteiger partial charge in [0.25, 0.3) is 11.6 Å². The summed E-state index contributed by atoms with van der Waals surface area (Å²) in [6.07, 6.45) is 0.468. The Labute approximate surface area is 115 Å². The zero-order valence-corrected chi connectivity index (χ0v) is 12.0. The topological polar surface area (TPSA) is 92.5 Å². The number of nitro groups is 1. The van der Waals surface area contributed by atoms with Crippen molar-refractivity contribution in [3.8, 4) is 0 Å². The van der Waals surface area contributed by atoms with Crippen molar-refractivity contribution in [1.82, 2.24) is 5.32 Å². The number of hydrogen-bond acceptors (Lipinski definition) is 5. The Morgan fingerprint density at radius 2 is 2.21 bits per heavy atom. The minimum atomic E-state index is -0.490. The van der Waals surface area contributed by atoms with Crippen LogP contribution < -0.4 is 5.32 Å². The molecule has 19 heavy (non-hydrogen) atoms. The van der Waals surface area contributed by atoms with Crippen molar-refractivity contribution in [2.24, 2.45) is 5.92 Å². The standard InChI is InChI=1S/C12H18N2O4S/c1-7(2)9(4-5-15)13-12(16)11-6-10(14(17)18)8(3)19-11/h6-7,9,15H,4-5H2,1-3H3,(H,13,16). The molecule has 6 nitrogen and oxygen atoms in total. The van der Waals surface area contributed by atoms with Crippen LogP contribution >= 0.6 is 11.3 Å². The first kappa shape index (κ1) is 15.6. The van der Waals surface area contributed by atoms with Gasteiger partial charge >= 0.3 is 0 Å². The Hall–Kier alpha value is -1.47. The highest BCUT2D eigenvalue weighted by atomic mass is 32.1. The smallest absolute Gasteiger partial charge is 0.283 e. The fraction of sp³-hybridized carbons (Fsp3) is 0.583. The largest absolute Gasteiger partial charge is 0.396 e. The van der Waals surface area contributed by atoms with Crippen molar-refractivity contribution in [2.45, 2.75) is 33.2 Å². The van der Waals surface area contributed by atoms with E-state index in [1.54, 1.807) is 6.92 Å². The maximum Gasteiger partial charge on any atom is 0.283 e. The van der Waals surface area contributed by atoms with E-state index in [0.717, 1.165) is 11.3 Å². The second-order valence-electron chi connectivity index (χ2n) is 4.65. The van der Waals surface area contributed by atoms with Gasteiger partial charge in [-0.3, -0.25) is 14.9 Å². The molecular weight excluding hydrogens is 268 g/mol. The zero-order valence-electron chi connectivity index (χ0n) is 11.2. The molecule has 0 fully saturated rings. The van der Waals surface area contributed by atoms with Gasteiger partial charge in [0.05, 0.1) is 14.7 Å². The molecule has 1 rings (SSSR count). The number of aliphatic hydroxyl groups excluding tert-OH is 1. The van der Waals surface area contributed by atoms with E-state index in [1.807, 2.05) is 13.8 Å². The van der Waals surface area contributed by atoms with Crippen molar-refractivity contribution in [3.05, 3.63) is 25.9 Å². The first-order valence-electron chi connectivity index (χ1n) is 6.03. The molecule has 1 unspecified atom stereocenters. The number of rotatable bonds is 6. The van der Waals surface area contributed by atoms with E-state index in [-0.39, 0.29) is 30.2 Å². The van der Waals surface area contributed by atoms with Gasteiger partial charge in [0, 0.05) is 18.7 Å². The monoisotopic (exact) mass is 286 g/mol. The molecule has 1 amide bonds. The minimum absolute atomic E-state index is 0.00720. The van der Waals surface area contributed by atoms with Crippen molar-refractivity contribution >= 4 is 22.9 Å². The van der Waals surface area contributed by atoms with E-state index in [4.69, 9.17) is 5.11 Å². The number of aryl methyl sites for hydroxylation is 1. The number of thiophene rings is 1. The van der Waals surface area contributed by atoms with Crippen LogP contribution in [0.4, 0.5) is 5.69 Å². The summed E-state index contributed by atoms with van der Waals surface area (Å²) in [5, 5.41) is 22.5. The summed E-state index contributed by atoms with van der Waals surface area (Å²) in [5.41, 5.74) is -0.0293. The zero-order chi connectivity index (χ0) is 14.6. The van der Waals surface area contributed by atoms with Crippen LogP contribution in [-0.2, 0) is 0 Å². The van der Waals surface area contributed by atoms with E-state index < -0.39 is 4.92 Å². The highest BCUT2D eigenvalue weighted by molar-refractivity contribution is 7.14. The predicted octanol–water partition coefficient (Wildman–Crippen LogP) is 2.10. The summed E-state index contributed by atoms with van der Waals surface area (Å²) in [6, 6.07) is 1.16. The lowest BCUT2D eigenvalue weighted by molar-refractivity contribution is -0.385. The fourth-order valence-electron chi connectivity index (χ4n) is 1.72. The number of hydrogen-bond donors (Lipinski definition) is 2. The van der Waals surface area contributed by atoms with Crippen molar-refractivity contribution in [2.75, 3.05) is 6.61 Å². The minimum Gasteiger partial charge on any atom is -0.396 e. The van der Waals surface area contributed by atoms with Gasteiger partial charge in [-0.15, -0.1) is 11.3 Å². The van der Waals surface area contributed by atoms with Gasteiger partial charge in [-0.1, -0.05) is 13.8 Å². The van der Waals surface area contributed by atoms with Crippen LogP contribution in [0, 0.1) is 23.0 Å². The molecule has 0 spiro atoms. The predicted molar refractivity (Wildman–Crippen MR) is 73.5 cm³/mol. The molecule has 106 valence electrons. The quantitative estimate of drug-likeness (QED) is 0.618. The van der Waals surface area contributed by atoms with Crippen molar-refractivity contribution in [1.29, 1.82) is 0 Å². The molecule has 0 bridgehead atoms. The lowest BCUT2D eigenvalue weighted by Gasteiger charge is -2.20. The fourth-order valence-corrected chi connectivity index (χ4v) is 2.61. The average Bonchev–Trinajstić information content (AvgIpc) is 2.70. The average molecular weight is 286 g/mol. The Balaban J connectivity index is 2.82. The first-order valence-corrected chi connectivity index (χ1v) is 6.85. The van der Waals surface area contributed by atoms with Crippen LogP contribution in [0.25, 0.3) is 0 Å². The molecule has 0 aliphatic rings. The second kappa shape index (κ2) is 6.63. The van der Waals surface area contributed by atoms with E-state index in [9.17, 15) is 14.9 Å². The molecule has 0 aliphatic carbocycles. The van der Waals surface area contributed by atoms with Crippen LogP contribution in [0.2, 0.25) is 0 Å². The molecular formula is C12H18N2O4S. The molecule has 0 radical (unpaired) electrons. The third-order valence-electron chi connectivity index (χ3n) is 2.87. The van der Waals surface area contributed by atoms with Gasteiger partial charge in [-0.25, -0.2) is 0 Å². The third-order valence-corrected chi connectivity index (χ3v) is 3.91. The lowest BCUT2D eigenvalue weighted by Crippen LogP contribution is -2.38. The van der Waals surface area contributed by atoms with E-state index in [0.29, 0.717) is 16.2 Å². The molecule has 0 saturated carbocycles. The number of nitrogens with zero attached hydrogens (tertiary/aromatic N) is 1. The van der Waals surface area contributed by atoms with E-state index in [2.05, 4.69) is 5.32 Å². The Morgan fingerprint density at radius 3 is 2.63 bits per heavy atom. The van der Waals surface area contributed by atoms with Gasteiger partial charge in [0.15, 0.2) is 0 Å². The molecule has 1 heterocycles. The molecule has 7 heteroatoms. The third kappa shape index (κ3) is 4.00. The number of nitrogens with one attached hydrogen (secondary N) is 1. The lowest BCUT2D eigenvalue weighted by atomic mass is 10.0. The van der Waals surface area contributed by atoms with Crippen LogP contribution in [0.5, 0.6) is 0 Å². The number of amides is 1. The SMILES string of the molecule is Cc1sc(C(=O)NC(CCO)C(C)C)cc1[N+](=O)[O-]. The highest BCUT2D eigenvalue weighted by Crippen LogP contribution is 2.28. The van der Waals surface area contributed by atoms with Crippen LogP contribution in [0.1, 0.15) is 34.8 Å². The summed E-state index contributed by atoms with van der Waals surface area (Å²) in [5.74, 6) is -0.138. The number of carbonyl (C=O) groups excluding carboxylic acids is 1. The maximum atomic E-state index is 12.0. The van der Waals surface area contributed by atoms with Gasteiger partial charge < -0.3 is 10.4 Å².